The van der Waals surface area contributed by atoms with Crippen molar-refractivity contribution < 1.29 is 24.2 Å². The van der Waals surface area contributed by atoms with Gasteiger partial charge in [-0.15, -0.1) is 0 Å². The van der Waals surface area contributed by atoms with Gasteiger partial charge in [-0.25, -0.2) is 0 Å². The van der Waals surface area contributed by atoms with Crippen molar-refractivity contribution in [3.05, 3.63) is 35.5 Å². The summed E-state index contributed by atoms with van der Waals surface area (Å²) in [4.78, 5) is 42.1. The van der Waals surface area contributed by atoms with Crippen LogP contribution in [0.25, 0.3) is 10.9 Å². The van der Waals surface area contributed by atoms with E-state index in [2.05, 4.69) is 22.9 Å². The number of para-hydroxylation sites is 1. The fourth-order valence-corrected chi connectivity index (χ4v) is 5.65. The molecule has 1 spiro atoms. The standard InChI is InChI=1S/C24H31N3O3.CH2O2/c1-2-18-19-7-3-4-8-20(19)25-21(18)22(28)27-13-9-24(10-14-27)15-17(30-23(24)29)16-26-11-5-6-12-26;2-1-3/h3-4,7-8,17,25H,2,5-6,9-16H2,1H3;1H,(H,2,3). The zero-order valence-electron chi connectivity index (χ0n) is 19.2. The highest BCUT2D eigenvalue weighted by Crippen LogP contribution is 2.43. The second-order valence-corrected chi connectivity index (χ2v) is 9.29. The molecule has 3 aliphatic rings. The van der Waals surface area contributed by atoms with Crippen molar-refractivity contribution in [1.82, 2.24) is 14.8 Å². The Bertz CT molecular complexity index is 1000. The number of aromatic nitrogens is 1. The van der Waals surface area contributed by atoms with Crippen molar-refractivity contribution in [3.8, 4) is 0 Å². The summed E-state index contributed by atoms with van der Waals surface area (Å²) in [5, 5.41) is 8.01. The largest absolute Gasteiger partial charge is 0.483 e. The molecule has 5 rings (SSSR count). The van der Waals surface area contributed by atoms with Crippen LogP contribution in [0.2, 0.25) is 0 Å². The molecule has 0 saturated carbocycles. The highest BCUT2D eigenvalue weighted by molar-refractivity contribution is 6.01. The number of aryl methyl sites for hydroxylation is 1. The van der Waals surface area contributed by atoms with Crippen LogP contribution in [-0.2, 0) is 20.7 Å². The number of amides is 1. The SMILES string of the molecule is CCc1c(C(=O)N2CCC3(CC2)CC(CN2CCCC2)OC3=O)[nH]c2ccccc12.O=CO. The molecule has 3 fully saturated rings. The first-order chi connectivity index (χ1) is 16.0. The molecule has 2 N–H and O–H groups in total. The lowest BCUT2D eigenvalue weighted by atomic mass is 9.76. The molecule has 3 saturated heterocycles. The van der Waals surface area contributed by atoms with Gasteiger partial charge in [0, 0.05) is 37.0 Å². The predicted octanol–water partition coefficient (Wildman–Crippen LogP) is 3.06. The molecular weight excluding hydrogens is 422 g/mol. The normalized spacial score (nSPS) is 22.3. The number of H-pyrrole nitrogens is 1. The van der Waals surface area contributed by atoms with Gasteiger partial charge < -0.3 is 19.7 Å². The Hall–Kier alpha value is -2.87. The zero-order chi connectivity index (χ0) is 23.4. The van der Waals surface area contributed by atoms with Crippen LogP contribution < -0.4 is 0 Å². The maximum absolute atomic E-state index is 13.3. The molecule has 1 amide bonds. The fraction of sp³-hybridized carbons (Fsp3) is 0.560. The van der Waals surface area contributed by atoms with E-state index in [0.717, 1.165) is 48.9 Å². The van der Waals surface area contributed by atoms with Crippen molar-refractivity contribution in [2.24, 2.45) is 5.41 Å². The van der Waals surface area contributed by atoms with Crippen molar-refractivity contribution in [3.63, 3.8) is 0 Å². The number of hydrogen-bond acceptors (Lipinski definition) is 5. The Kier molecular flexibility index (Phi) is 7.02. The molecule has 4 heterocycles. The van der Waals surface area contributed by atoms with E-state index < -0.39 is 5.41 Å². The van der Waals surface area contributed by atoms with Gasteiger partial charge in [0.2, 0.25) is 0 Å². The Labute approximate surface area is 193 Å². The molecule has 0 radical (unpaired) electrons. The number of carbonyl (C=O) groups is 3. The Morgan fingerprint density at radius 3 is 2.55 bits per heavy atom. The molecule has 33 heavy (non-hydrogen) atoms. The van der Waals surface area contributed by atoms with Crippen molar-refractivity contribution >= 4 is 29.3 Å². The Morgan fingerprint density at radius 1 is 1.21 bits per heavy atom. The van der Waals surface area contributed by atoms with Crippen LogP contribution in [0.5, 0.6) is 0 Å². The number of aromatic amines is 1. The van der Waals surface area contributed by atoms with Gasteiger partial charge in [0.15, 0.2) is 0 Å². The van der Waals surface area contributed by atoms with Crippen LogP contribution in [0.3, 0.4) is 0 Å². The summed E-state index contributed by atoms with van der Waals surface area (Å²) in [6, 6.07) is 8.09. The minimum Gasteiger partial charge on any atom is -0.483 e. The van der Waals surface area contributed by atoms with E-state index in [1.807, 2.05) is 23.1 Å². The molecule has 8 heteroatoms. The van der Waals surface area contributed by atoms with E-state index in [1.54, 1.807) is 0 Å². The average Bonchev–Trinajstić information content (AvgIpc) is 3.53. The summed E-state index contributed by atoms with van der Waals surface area (Å²) in [6.07, 6.45) is 5.53. The van der Waals surface area contributed by atoms with Crippen LogP contribution in [0.1, 0.15) is 55.1 Å². The lowest BCUT2D eigenvalue weighted by molar-refractivity contribution is -0.151. The monoisotopic (exact) mass is 455 g/mol. The highest BCUT2D eigenvalue weighted by Gasteiger charge is 2.51. The molecular formula is C25H33N3O5. The van der Waals surface area contributed by atoms with Gasteiger partial charge in [0.25, 0.3) is 12.4 Å². The summed E-state index contributed by atoms with van der Waals surface area (Å²) in [6.45, 7) is 6.17. The summed E-state index contributed by atoms with van der Waals surface area (Å²) in [5.74, 6) is 0.0107. The summed E-state index contributed by atoms with van der Waals surface area (Å²) < 4.78 is 5.78. The molecule has 0 bridgehead atoms. The van der Waals surface area contributed by atoms with Crippen LogP contribution >= 0.6 is 0 Å². The van der Waals surface area contributed by atoms with Gasteiger partial charge in [-0.05, 0) is 56.8 Å². The Morgan fingerprint density at radius 2 is 1.88 bits per heavy atom. The van der Waals surface area contributed by atoms with Gasteiger partial charge >= 0.3 is 5.97 Å². The van der Waals surface area contributed by atoms with E-state index in [-0.39, 0.29) is 24.5 Å². The van der Waals surface area contributed by atoms with Gasteiger partial charge in [-0.1, -0.05) is 25.1 Å². The lowest BCUT2D eigenvalue weighted by Gasteiger charge is -2.36. The molecule has 178 valence electrons. The second kappa shape index (κ2) is 9.95. The number of carboxylic acid groups (broad SMARTS) is 1. The summed E-state index contributed by atoms with van der Waals surface area (Å²) in [7, 11) is 0. The summed E-state index contributed by atoms with van der Waals surface area (Å²) >= 11 is 0. The number of fused-ring (bicyclic) bond motifs is 1. The minimum absolute atomic E-state index is 0.0123. The summed E-state index contributed by atoms with van der Waals surface area (Å²) in [5.41, 5.74) is 2.41. The molecule has 1 aromatic heterocycles. The third kappa shape index (κ3) is 4.62. The number of hydrogen-bond donors (Lipinski definition) is 2. The van der Waals surface area contributed by atoms with Gasteiger partial charge in [-0.3, -0.25) is 19.3 Å². The van der Waals surface area contributed by atoms with Crippen molar-refractivity contribution in [2.45, 2.75) is 51.6 Å². The molecule has 0 aliphatic carbocycles. The van der Waals surface area contributed by atoms with E-state index in [0.29, 0.717) is 31.6 Å². The fourth-order valence-electron chi connectivity index (χ4n) is 5.65. The van der Waals surface area contributed by atoms with E-state index in [9.17, 15) is 9.59 Å². The second-order valence-electron chi connectivity index (χ2n) is 9.29. The van der Waals surface area contributed by atoms with Crippen LogP contribution in [0, 0.1) is 5.41 Å². The van der Waals surface area contributed by atoms with E-state index in [4.69, 9.17) is 14.6 Å². The first kappa shape index (κ1) is 23.3. The molecule has 1 aromatic carbocycles. The van der Waals surface area contributed by atoms with Crippen LogP contribution in [-0.4, -0.2) is 77.1 Å². The number of benzene rings is 1. The van der Waals surface area contributed by atoms with Gasteiger partial charge in [0.1, 0.15) is 11.8 Å². The van der Waals surface area contributed by atoms with E-state index >= 15 is 0 Å². The number of ether oxygens (including phenoxy) is 1. The number of piperidine rings is 1. The first-order valence-electron chi connectivity index (χ1n) is 11.9. The number of likely N-dealkylation sites (tertiary alicyclic amines) is 2. The number of rotatable bonds is 4. The third-order valence-electron chi connectivity index (χ3n) is 7.37. The molecule has 8 nitrogen and oxygen atoms in total. The molecule has 1 atom stereocenters. The number of nitrogens with zero attached hydrogens (tertiary/aromatic N) is 2. The van der Waals surface area contributed by atoms with Gasteiger partial charge in [0.05, 0.1) is 5.41 Å². The maximum atomic E-state index is 13.3. The topological polar surface area (TPSA) is 103 Å². The average molecular weight is 456 g/mol. The smallest absolute Gasteiger partial charge is 0.312 e. The quantitative estimate of drug-likeness (QED) is 0.543. The van der Waals surface area contributed by atoms with Crippen LogP contribution in [0.15, 0.2) is 24.3 Å². The highest BCUT2D eigenvalue weighted by atomic mass is 16.6. The zero-order valence-corrected chi connectivity index (χ0v) is 19.2. The van der Waals surface area contributed by atoms with Crippen molar-refractivity contribution in [1.29, 1.82) is 0 Å². The lowest BCUT2D eigenvalue weighted by Crippen LogP contribution is -2.45. The number of nitrogens with one attached hydrogen (secondary N) is 1. The van der Waals surface area contributed by atoms with E-state index in [1.165, 1.54) is 12.8 Å². The molecule has 1 unspecified atom stereocenters. The van der Waals surface area contributed by atoms with Gasteiger partial charge in [-0.2, -0.15) is 0 Å². The molecule has 3 aliphatic heterocycles. The molecule has 2 aromatic rings. The van der Waals surface area contributed by atoms with Crippen LogP contribution in [0.4, 0.5) is 0 Å². The number of cyclic esters (lactones) is 1. The Balaban J connectivity index is 0.000000821. The number of esters is 1. The number of carbonyl (C=O) groups excluding carboxylic acids is 2. The minimum atomic E-state index is -0.394. The third-order valence-corrected chi connectivity index (χ3v) is 7.37. The van der Waals surface area contributed by atoms with Crippen molar-refractivity contribution in [2.75, 3.05) is 32.7 Å². The predicted molar refractivity (Wildman–Crippen MR) is 124 cm³/mol. The first-order valence-corrected chi connectivity index (χ1v) is 11.9. The maximum Gasteiger partial charge on any atom is 0.312 e.